The summed E-state index contributed by atoms with van der Waals surface area (Å²) < 4.78 is 23.2. The van der Waals surface area contributed by atoms with Gasteiger partial charge in [0.1, 0.15) is 18.8 Å². The third kappa shape index (κ3) is 6.55. The van der Waals surface area contributed by atoms with E-state index in [9.17, 15) is 4.79 Å². The molecule has 0 amide bonds. The normalized spacial score (nSPS) is 14.1. The molecule has 3 aromatic rings. The molecule has 4 rings (SSSR count). The number of rotatable bonds is 10. The molecular formula is C24H27BrN4O5. The molecule has 1 N–H and O–H groups in total. The number of morpholine rings is 1. The van der Waals surface area contributed by atoms with E-state index in [1.165, 1.54) is 6.33 Å². The predicted octanol–water partition coefficient (Wildman–Crippen LogP) is 3.79. The van der Waals surface area contributed by atoms with Crippen molar-refractivity contribution in [3.05, 3.63) is 47.2 Å². The molecule has 0 aliphatic carbocycles. The topological polar surface area (TPSA) is 95.0 Å². The van der Waals surface area contributed by atoms with E-state index in [2.05, 4.69) is 36.1 Å². The largest absolute Gasteiger partial charge is 0.488 e. The van der Waals surface area contributed by atoms with Crippen LogP contribution in [0.5, 0.6) is 11.5 Å². The van der Waals surface area contributed by atoms with Crippen LogP contribution in [0.25, 0.3) is 10.9 Å². The van der Waals surface area contributed by atoms with Crippen LogP contribution in [-0.2, 0) is 14.3 Å². The zero-order valence-corrected chi connectivity index (χ0v) is 20.5. The number of aromatic nitrogens is 2. The Balaban J connectivity index is 1.58. The molecule has 2 heterocycles. The molecule has 0 atom stereocenters. The Labute approximate surface area is 206 Å². The molecule has 0 saturated carbocycles. The Morgan fingerprint density at radius 3 is 2.76 bits per heavy atom. The average molecular weight is 531 g/mol. The van der Waals surface area contributed by atoms with Crippen LogP contribution in [0.2, 0.25) is 0 Å². The molecule has 180 valence electrons. The highest BCUT2D eigenvalue weighted by molar-refractivity contribution is 9.10. The van der Waals surface area contributed by atoms with Gasteiger partial charge in [0.15, 0.2) is 18.1 Å². The fourth-order valence-corrected chi connectivity index (χ4v) is 3.94. The lowest BCUT2D eigenvalue weighted by molar-refractivity contribution is -0.145. The molecule has 0 unspecified atom stereocenters. The quantitative estimate of drug-likeness (QED) is 0.392. The van der Waals surface area contributed by atoms with Gasteiger partial charge >= 0.3 is 5.97 Å². The molecule has 1 aliphatic heterocycles. The summed E-state index contributed by atoms with van der Waals surface area (Å²) in [5, 5.41) is 4.06. The molecule has 1 saturated heterocycles. The number of ether oxygens (including phenoxy) is 4. The number of carbonyl (C=O) groups excluding carboxylic acids is 1. The molecule has 1 aliphatic rings. The lowest BCUT2D eigenvalue weighted by atomic mass is 10.2. The van der Waals surface area contributed by atoms with Crippen LogP contribution in [0.4, 0.5) is 11.5 Å². The van der Waals surface area contributed by atoms with Crippen molar-refractivity contribution in [3.8, 4) is 11.5 Å². The molecule has 2 aromatic carbocycles. The molecule has 34 heavy (non-hydrogen) atoms. The molecule has 0 spiro atoms. The summed E-state index contributed by atoms with van der Waals surface area (Å²) in [5.41, 5.74) is 1.56. The Bertz CT molecular complexity index is 1120. The second kappa shape index (κ2) is 12.0. The van der Waals surface area contributed by atoms with Gasteiger partial charge in [0.2, 0.25) is 0 Å². The minimum atomic E-state index is -0.446. The molecule has 0 bridgehead atoms. The predicted molar refractivity (Wildman–Crippen MR) is 132 cm³/mol. The Morgan fingerprint density at radius 1 is 1.15 bits per heavy atom. The van der Waals surface area contributed by atoms with E-state index in [1.54, 1.807) is 13.0 Å². The van der Waals surface area contributed by atoms with Crippen molar-refractivity contribution >= 4 is 44.3 Å². The van der Waals surface area contributed by atoms with Gasteiger partial charge in [0, 0.05) is 41.2 Å². The van der Waals surface area contributed by atoms with Crippen LogP contribution in [0.1, 0.15) is 6.92 Å². The highest BCUT2D eigenvalue weighted by Crippen LogP contribution is 2.35. The summed E-state index contributed by atoms with van der Waals surface area (Å²) in [4.78, 5) is 23.0. The second-order valence-electron chi connectivity index (χ2n) is 7.57. The first kappa shape index (κ1) is 24.2. The molecular weight excluding hydrogens is 504 g/mol. The molecule has 1 fully saturated rings. The van der Waals surface area contributed by atoms with Crippen LogP contribution < -0.4 is 14.8 Å². The molecule has 10 heteroatoms. The Hall–Kier alpha value is -2.95. The Kier molecular flexibility index (Phi) is 8.51. The highest BCUT2D eigenvalue weighted by atomic mass is 79.9. The maximum absolute atomic E-state index is 11.9. The van der Waals surface area contributed by atoms with Crippen LogP contribution in [0, 0.1) is 0 Å². The number of nitrogens with one attached hydrogen (secondary N) is 1. The summed E-state index contributed by atoms with van der Waals surface area (Å²) in [6.45, 7) is 6.27. The van der Waals surface area contributed by atoms with Gasteiger partial charge in [-0.25, -0.2) is 14.8 Å². The number of anilines is 2. The van der Waals surface area contributed by atoms with Crippen LogP contribution in [-0.4, -0.2) is 73.5 Å². The number of fused-ring (bicyclic) bond motifs is 1. The van der Waals surface area contributed by atoms with E-state index in [0.29, 0.717) is 29.4 Å². The minimum absolute atomic E-state index is 0.221. The summed E-state index contributed by atoms with van der Waals surface area (Å²) in [7, 11) is 0. The minimum Gasteiger partial charge on any atom is -0.488 e. The number of nitrogens with zero attached hydrogens (tertiary/aromatic N) is 3. The van der Waals surface area contributed by atoms with Crippen molar-refractivity contribution in [2.24, 2.45) is 0 Å². The van der Waals surface area contributed by atoms with E-state index in [-0.39, 0.29) is 13.2 Å². The standard InChI is InChI=1S/C24H27BrN4O5/c1-2-32-23(30)15-34-21-13-19-20(14-22(21)33-11-8-29-6-9-31-10-7-29)26-16-27-24(19)28-18-5-3-4-17(25)12-18/h3-5,12-14,16H,2,6-11,15H2,1H3,(H,26,27,28). The summed E-state index contributed by atoms with van der Waals surface area (Å²) in [6.07, 6.45) is 1.50. The first-order chi connectivity index (χ1) is 16.6. The first-order valence-corrected chi connectivity index (χ1v) is 11.9. The van der Waals surface area contributed by atoms with Crippen molar-refractivity contribution in [1.29, 1.82) is 0 Å². The van der Waals surface area contributed by atoms with Crippen LogP contribution in [0.3, 0.4) is 0 Å². The van der Waals surface area contributed by atoms with Gasteiger partial charge in [-0.2, -0.15) is 0 Å². The van der Waals surface area contributed by atoms with Gasteiger partial charge in [-0.3, -0.25) is 4.90 Å². The summed E-state index contributed by atoms with van der Waals surface area (Å²) in [5.74, 6) is 1.11. The smallest absolute Gasteiger partial charge is 0.344 e. The third-order valence-electron chi connectivity index (χ3n) is 5.21. The van der Waals surface area contributed by atoms with Gasteiger partial charge < -0.3 is 24.3 Å². The maximum Gasteiger partial charge on any atom is 0.344 e. The monoisotopic (exact) mass is 530 g/mol. The molecule has 9 nitrogen and oxygen atoms in total. The number of halogens is 1. The first-order valence-electron chi connectivity index (χ1n) is 11.1. The van der Waals surface area contributed by atoms with Crippen molar-refractivity contribution in [2.75, 3.05) is 58.0 Å². The van der Waals surface area contributed by atoms with E-state index >= 15 is 0 Å². The van der Waals surface area contributed by atoms with Crippen molar-refractivity contribution in [2.45, 2.75) is 6.92 Å². The van der Waals surface area contributed by atoms with Crippen molar-refractivity contribution in [1.82, 2.24) is 14.9 Å². The average Bonchev–Trinajstić information content (AvgIpc) is 2.84. The zero-order valence-electron chi connectivity index (χ0n) is 19.0. The van der Waals surface area contributed by atoms with E-state index in [1.807, 2.05) is 30.3 Å². The summed E-state index contributed by atoms with van der Waals surface area (Å²) in [6, 6.07) is 11.4. The number of benzene rings is 2. The number of hydrogen-bond acceptors (Lipinski definition) is 9. The van der Waals surface area contributed by atoms with E-state index < -0.39 is 5.97 Å². The SMILES string of the molecule is CCOC(=O)COc1cc2c(Nc3cccc(Br)c3)ncnc2cc1OCCN1CCOCC1. The lowest BCUT2D eigenvalue weighted by Gasteiger charge is -2.26. The highest BCUT2D eigenvalue weighted by Gasteiger charge is 2.16. The summed E-state index contributed by atoms with van der Waals surface area (Å²) >= 11 is 3.48. The maximum atomic E-state index is 11.9. The van der Waals surface area contributed by atoms with Gasteiger partial charge in [-0.05, 0) is 31.2 Å². The van der Waals surface area contributed by atoms with Gasteiger partial charge in [0.05, 0.1) is 25.3 Å². The lowest BCUT2D eigenvalue weighted by Crippen LogP contribution is -2.38. The molecule has 0 radical (unpaired) electrons. The van der Waals surface area contributed by atoms with Gasteiger partial charge in [0.25, 0.3) is 0 Å². The van der Waals surface area contributed by atoms with E-state index in [4.69, 9.17) is 18.9 Å². The second-order valence-corrected chi connectivity index (χ2v) is 8.49. The Morgan fingerprint density at radius 2 is 1.97 bits per heavy atom. The third-order valence-corrected chi connectivity index (χ3v) is 5.70. The molecule has 1 aromatic heterocycles. The fraction of sp³-hybridized carbons (Fsp3) is 0.375. The zero-order chi connectivity index (χ0) is 23.8. The van der Waals surface area contributed by atoms with Crippen LogP contribution >= 0.6 is 15.9 Å². The fourth-order valence-electron chi connectivity index (χ4n) is 3.54. The van der Waals surface area contributed by atoms with Gasteiger partial charge in [-0.1, -0.05) is 22.0 Å². The number of carbonyl (C=O) groups is 1. The number of hydrogen-bond donors (Lipinski definition) is 1. The van der Waals surface area contributed by atoms with Gasteiger partial charge in [-0.15, -0.1) is 0 Å². The van der Waals surface area contributed by atoms with Crippen LogP contribution in [0.15, 0.2) is 47.2 Å². The number of esters is 1. The van der Waals surface area contributed by atoms with Crippen molar-refractivity contribution < 1.29 is 23.7 Å². The van der Waals surface area contributed by atoms with Crippen molar-refractivity contribution in [3.63, 3.8) is 0 Å². The van der Waals surface area contributed by atoms with E-state index in [0.717, 1.165) is 48.4 Å².